The molecule has 1 fully saturated rings. The van der Waals surface area contributed by atoms with Gasteiger partial charge in [-0.3, -0.25) is 9.59 Å². The Labute approximate surface area is 187 Å². The molecule has 0 atom stereocenters. The van der Waals surface area contributed by atoms with Crippen molar-refractivity contribution in [2.24, 2.45) is 5.10 Å². The Hall–Kier alpha value is -2.86. The number of benzene rings is 2. The van der Waals surface area contributed by atoms with Crippen LogP contribution in [0.4, 0.5) is 11.4 Å². The molecule has 1 N–H and O–H groups in total. The van der Waals surface area contributed by atoms with E-state index in [1.54, 1.807) is 6.07 Å². The summed E-state index contributed by atoms with van der Waals surface area (Å²) in [5.41, 5.74) is 3.63. The zero-order valence-corrected chi connectivity index (χ0v) is 18.3. The number of anilines is 2. The molecule has 162 valence electrons. The number of nitrogens with zero attached hydrogens (tertiary/aromatic N) is 3. The molecule has 31 heavy (non-hydrogen) atoms. The highest BCUT2D eigenvalue weighted by Gasteiger charge is 2.22. The first-order valence-electron chi connectivity index (χ1n) is 10.9. The standard InChI is InChI=1S/C24H27ClN4O2/c25-19-9-10-22(28-14-5-2-6-15-28)21(17-19)26-23(30)11-12-24(31)29-16-13-20(27-29)18-7-3-1-4-8-18/h1,3-4,7-10,17H,2,5-6,11-16H2,(H,26,30). The van der Waals surface area contributed by atoms with Crippen LogP contribution < -0.4 is 10.2 Å². The molecule has 0 radical (unpaired) electrons. The summed E-state index contributed by atoms with van der Waals surface area (Å²) in [5, 5.41) is 9.47. The summed E-state index contributed by atoms with van der Waals surface area (Å²) in [6.07, 6.45) is 4.48. The second-order valence-corrected chi connectivity index (χ2v) is 8.37. The van der Waals surface area contributed by atoms with E-state index in [1.165, 1.54) is 11.4 Å². The summed E-state index contributed by atoms with van der Waals surface area (Å²) >= 11 is 6.17. The van der Waals surface area contributed by atoms with Crippen molar-refractivity contribution in [3.8, 4) is 0 Å². The maximum absolute atomic E-state index is 12.6. The fourth-order valence-corrected chi connectivity index (χ4v) is 4.22. The van der Waals surface area contributed by atoms with Crippen LogP contribution in [-0.2, 0) is 9.59 Å². The summed E-state index contributed by atoms with van der Waals surface area (Å²) in [4.78, 5) is 27.4. The predicted octanol–water partition coefficient (Wildman–Crippen LogP) is 4.69. The summed E-state index contributed by atoms with van der Waals surface area (Å²) in [6, 6.07) is 15.4. The van der Waals surface area contributed by atoms with Gasteiger partial charge in [-0.15, -0.1) is 0 Å². The molecule has 1 saturated heterocycles. The molecule has 0 unspecified atom stereocenters. The van der Waals surface area contributed by atoms with Gasteiger partial charge >= 0.3 is 0 Å². The molecule has 2 aromatic carbocycles. The van der Waals surface area contributed by atoms with Gasteiger partial charge in [-0.1, -0.05) is 41.9 Å². The van der Waals surface area contributed by atoms with Gasteiger partial charge in [0.15, 0.2) is 0 Å². The normalized spacial score (nSPS) is 16.2. The van der Waals surface area contributed by atoms with Gasteiger partial charge in [0, 0.05) is 37.4 Å². The number of hydrogen-bond donors (Lipinski definition) is 1. The minimum absolute atomic E-state index is 0.109. The monoisotopic (exact) mass is 438 g/mol. The fourth-order valence-electron chi connectivity index (χ4n) is 4.05. The van der Waals surface area contributed by atoms with E-state index in [0.717, 1.165) is 49.3 Å². The predicted molar refractivity (Wildman–Crippen MR) is 125 cm³/mol. The minimum atomic E-state index is -0.194. The molecule has 6 nitrogen and oxygen atoms in total. The van der Waals surface area contributed by atoms with Gasteiger partial charge in [0.25, 0.3) is 0 Å². The number of amides is 2. The Morgan fingerprint density at radius 1 is 0.968 bits per heavy atom. The number of piperidine rings is 1. The van der Waals surface area contributed by atoms with E-state index in [-0.39, 0.29) is 24.7 Å². The quantitative estimate of drug-likeness (QED) is 0.711. The second kappa shape index (κ2) is 9.96. The van der Waals surface area contributed by atoms with Crippen LogP contribution in [0.3, 0.4) is 0 Å². The lowest BCUT2D eigenvalue weighted by molar-refractivity contribution is -0.132. The van der Waals surface area contributed by atoms with Crippen LogP contribution in [0.25, 0.3) is 0 Å². The first-order valence-corrected chi connectivity index (χ1v) is 11.3. The Morgan fingerprint density at radius 3 is 2.52 bits per heavy atom. The van der Waals surface area contributed by atoms with Gasteiger partial charge in [-0.05, 0) is 43.0 Å². The van der Waals surface area contributed by atoms with Crippen LogP contribution in [0.15, 0.2) is 53.6 Å². The van der Waals surface area contributed by atoms with Gasteiger partial charge in [0.05, 0.1) is 23.6 Å². The third-order valence-electron chi connectivity index (χ3n) is 5.69. The molecule has 4 rings (SSSR count). The Bertz CT molecular complexity index is 971. The van der Waals surface area contributed by atoms with Gasteiger partial charge in [-0.2, -0.15) is 5.10 Å². The van der Waals surface area contributed by atoms with Crippen molar-refractivity contribution in [1.29, 1.82) is 0 Å². The van der Waals surface area contributed by atoms with Crippen LogP contribution >= 0.6 is 11.6 Å². The first-order chi connectivity index (χ1) is 15.1. The molecular weight excluding hydrogens is 412 g/mol. The Morgan fingerprint density at radius 2 is 1.74 bits per heavy atom. The molecule has 0 spiro atoms. The van der Waals surface area contributed by atoms with Crippen molar-refractivity contribution in [2.45, 2.75) is 38.5 Å². The lowest BCUT2D eigenvalue weighted by Gasteiger charge is -2.30. The van der Waals surface area contributed by atoms with E-state index < -0.39 is 0 Å². The van der Waals surface area contributed by atoms with Crippen molar-refractivity contribution in [3.63, 3.8) is 0 Å². The lowest BCUT2D eigenvalue weighted by Crippen LogP contribution is -2.30. The maximum Gasteiger partial charge on any atom is 0.243 e. The summed E-state index contributed by atoms with van der Waals surface area (Å²) in [5.74, 6) is -0.330. The molecular formula is C24H27ClN4O2. The van der Waals surface area contributed by atoms with Gasteiger partial charge in [-0.25, -0.2) is 5.01 Å². The third kappa shape index (κ3) is 5.44. The largest absolute Gasteiger partial charge is 0.370 e. The molecule has 2 heterocycles. The van der Waals surface area contributed by atoms with Gasteiger partial charge < -0.3 is 10.2 Å². The second-order valence-electron chi connectivity index (χ2n) is 7.94. The zero-order valence-electron chi connectivity index (χ0n) is 17.5. The number of carbonyl (C=O) groups is 2. The number of carbonyl (C=O) groups excluding carboxylic acids is 2. The molecule has 0 bridgehead atoms. The van der Waals surface area contributed by atoms with Crippen molar-refractivity contribution < 1.29 is 9.59 Å². The lowest BCUT2D eigenvalue weighted by atomic mass is 10.1. The fraction of sp³-hybridized carbons (Fsp3) is 0.375. The van der Waals surface area contributed by atoms with Gasteiger partial charge in [0.1, 0.15) is 0 Å². The molecule has 2 aromatic rings. The molecule has 2 aliphatic heterocycles. The average molecular weight is 439 g/mol. The van der Waals surface area contributed by atoms with Gasteiger partial charge in [0.2, 0.25) is 11.8 Å². The molecule has 0 saturated carbocycles. The van der Waals surface area contributed by atoms with Crippen LogP contribution in [0.2, 0.25) is 5.02 Å². The summed E-state index contributed by atoms with van der Waals surface area (Å²) in [7, 11) is 0. The molecule has 2 amide bonds. The highest BCUT2D eigenvalue weighted by molar-refractivity contribution is 6.31. The molecule has 2 aliphatic rings. The van der Waals surface area contributed by atoms with E-state index in [9.17, 15) is 9.59 Å². The van der Waals surface area contributed by atoms with E-state index in [1.807, 2.05) is 42.5 Å². The van der Waals surface area contributed by atoms with Crippen LogP contribution in [0, 0.1) is 0 Å². The number of hydrazone groups is 1. The van der Waals surface area contributed by atoms with Crippen molar-refractivity contribution in [3.05, 3.63) is 59.1 Å². The maximum atomic E-state index is 12.6. The van der Waals surface area contributed by atoms with E-state index >= 15 is 0 Å². The van der Waals surface area contributed by atoms with E-state index in [2.05, 4.69) is 15.3 Å². The average Bonchev–Trinajstić information content (AvgIpc) is 3.29. The van der Waals surface area contributed by atoms with E-state index in [0.29, 0.717) is 17.3 Å². The summed E-state index contributed by atoms with van der Waals surface area (Å²) < 4.78 is 0. The summed E-state index contributed by atoms with van der Waals surface area (Å²) in [6.45, 7) is 2.50. The van der Waals surface area contributed by atoms with Crippen molar-refractivity contribution in [2.75, 3.05) is 29.9 Å². The number of nitrogens with one attached hydrogen (secondary N) is 1. The Balaban J connectivity index is 1.34. The topological polar surface area (TPSA) is 65.0 Å². The zero-order chi connectivity index (χ0) is 21.6. The highest BCUT2D eigenvalue weighted by atomic mass is 35.5. The molecule has 0 aliphatic carbocycles. The van der Waals surface area contributed by atoms with E-state index in [4.69, 9.17) is 11.6 Å². The van der Waals surface area contributed by atoms with Crippen molar-refractivity contribution in [1.82, 2.24) is 5.01 Å². The van der Waals surface area contributed by atoms with Crippen LogP contribution in [0.5, 0.6) is 0 Å². The highest BCUT2D eigenvalue weighted by Crippen LogP contribution is 2.31. The Kier molecular flexibility index (Phi) is 6.87. The third-order valence-corrected chi connectivity index (χ3v) is 5.93. The van der Waals surface area contributed by atoms with Crippen molar-refractivity contribution >= 4 is 40.5 Å². The van der Waals surface area contributed by atoms with Crippen LogP contribution in [0.1, 0.15) is 44.1 Å². The first kappa shape index (κ1) is 21.4. The SMILES string of the molecule is O=C(CCC(=O)N1CCC(c2ccccc2)=N1)Nc1cc(Cl)ccc1N1CCCCC1. The molecule has 0 aromatic heterocycles. The minimum Gasteiger partial charge on any atom is -0.370 e. The molecule has 7 heteroatoms. The number of halogens is 1. The number of hydrogen-bond acceptors (Lipinski definition) is 4. The van der Waals surface area contributed by atoms with Crippen LogP contribution in [-0.4, -0.2) is 42.2 Å². The smallest absolute Gasteiger partial charge is 0.243 e. The number of rotatable bonds is 6.